The van der Waals surface area contributed by atoms with E-state index in [0.717, 1.165) is 59.4 Å². The fourth-order valence-corrected chi connectivity index (χ4v) is 8.35. The van der Waals surface area contributed by atoms with Gasteiger partial charge in [-0.25, -0.2) is 0 Å². The summed E-state index contributed by atoms with van der Waals surface area (Å²) in [6.45, 7) is 31.6. The average Bonchev–Trinajstić information content (AvgIpc) is 2.79. The van der Waals surface area contributed by atoms with Crippen molar-refractivity contribution in [3.05, 3.63) is 57.6 Å². The molecule has 3 rings (SSSR count). The van der Waals surface area contributed by atoms with Gasteiger partial charge in [-0.15, -0.1) is 0 Å². The molecule has 0 aliphatic carbocycles. The third kappa shape index (κ3) is 8.08. The van der Waals surface area contributed by atoms with Crippen molar-refractivity contribution in [1.29, 1.82) is 0 Å². The molecule has 4 heteroatoms. The molecular formula is C37H61O3P. The summed E-state index contributed by atoms with van der Waals surface area (Å²) in [6.07, 6.45) is 5.67. The van der Waals surface area contributed by atoms with Gasteiger partial charge in [-0.1, -0.05) is 0 Å². The van der Waals surface area contributed by atoms with Crippen molar-refractivity contribution in [2.45, 2.75) is 151 Å². The van der Waals surface area contributed by atoms with E-state index < -0.39 is 7.94 Å². The topological polar surface area (TPSA) is 38.7 Å². The van der Waals surface area contributed by atoms with Crippen LogP contribution in [-0.2, 0) is 28.1 Å². The maximum absolute atomic E-state index is 12.6. The second-order valence-electron chi connectivity index (χ2n) is 16.7. The molecular weight excluding hydrogens is 523 g/mol. The first-order valence-electron chi connectivity index (χ1n) is 16.0. The summed E-state index contributed by atoms with van der Waals surface area (Å²) in [5.74, 6) is 2.04. The first kappa shape index (κ1) is 33.9. The van der Waals surface area contributed by atoms with Crippen LogP contribution in [0.5, 0.6) is 11.5 Å². The Bertz CT molecular complexity index is 1130. The van der Waals surface area contributed by atoms with E-state index >= 15 is 0 Å². The normalized spacial score (nSPS) is 17.3. The molecule has 1 heterocycles. The third-order valence-electron chi connectivity index (χ3n) is 8.67. The van der Waals surface area contributed by atoms with Gasteiger partial charge in [0.25, 0.3) is 0 Å². The van der Waals surface area contributed by atoms with Crippen molar-refractivity contribution in [2.24, 2.45) is 5.92 Å². The van der Waals surface area contributed by atoms with Crippen LogP contribution < -0.4 is 9.05 Å². The molecule has 1 atom stereocenters. The molecule has 232 valence electrons. The fourth-order valence-electron chi connectivity index (χ4n) is 5.80. The number of unbranched alkanes of at least 4 members (excludes halogenated alkanes) is 1. The van der Waals surface area contributed by atoms with Gasteiger partial charge in [-0.05, 0) is 0 Å². The van der Waals surface area contributed by atoms with Crippen LogP contribution in [0.25, 0.3) is 0 Å². The molecule has 2 aromatic carbocycles. The van der Waals surface area contributed by atoms with E-state index in [0.29, 0.717) is 18.5 Å². The van der Waals surface area contributed by atoms with Crippen LogP contribution >= 0.6 is 7.94 Å². The van der Waals surface area contributed by atoms with Gasteiger partial charge in [0.2, 0.25) is 0 Å². The molecule has 0 saturated carbocycles. The number of rotatable bonds is 6. The standard InChI is InChI=1S/C37H61O3P/c1-15-17-18-25(16-2)24-41(38)39-32-26(20-28(34(3,4)5)22-30(32)36(9,10)11)19-27-21-29(35(6,7)8)23-31(33(27)40-41)37(12,13)14/h20-23,25,38,41H,15-19,24H2,1-14H3. The van der Waals surface area contributed by atoms with Crippen LogP contribution in [0.15, 0.2) is 24.3 Å². The van der Waals surface area contributed by atoms with E-state index in [1.165, 1.54) is 11.1 Å². The van der Waals surface area contributed by atoms with E-state index in [9.17, 15) is 4.89 Å². The summed E-state index contributed by atoms with van der Waals surface area (Å²) in [5.41, 5.74) is 6.90. The predicted molar refractivity (Wildman–Crippen MR) is 180 cm³/mol. The molecule has 0 radical (unpaired) electrons. The van der Waals surface area contributed by atoms with Crippen molar-refractivity contribution in [1.82, 2.24) is 0 Å². The van der Waals surface area contributed by atoms with Crippen molar-refractivity contribution >= 4 is 7.94 Å². The quantitative estimate of drug-likeness (QED) is 0.343. The van der Waals surface area contributed by atoms with E-state index in [4.69, 9.17) is 9.05 Å². The molecule has 2 aromatic rings. The summed E-state index contributed by atoms with van der Waals surface area (Å²) in [7, 11) is -3.70. The monoisotopic (exact) mass is 584 g/mol. The minimum absolute atomic E-state index is 0.0122. The summed E-state index contributed by atoms with van der Waals surface area (Å²) in [5, 5.41) is 0. The van der Waals surface area contributed by atoms with Crippen LogP contribution in [-0.4, -0.2) is 11.1 Å². The molecule has 0 spiro atoms. The Balaban J connectivity index is 2.42. The Morgan fingerprint density at radius 3 is 1.41 bits per heavy atom. The van der Waals surface area contributed by atoms with Gasteiger partial charge in [-0.3, -0.25) is 0 Å². The van der Waals surface area contributed by atoms with Gasteiger partial charge in [0.1, 0.15) is 0 Å². The molecule has 1 unspecified atom stereocenters. The van der Waals surface area contributed by atoms with Crippen LogP contribution in [0.2, 0.25) is 0 Å². The van der Waals surface area contributed by atoms with E-state index in [2.05, 4.69) is 121 Å². The zero-order chi connectivity index (χ0) is 31.2. The van der Waals surface area contributed by atoms with Crippen molar-refractivity contribution in [3.63, 3.8) is 0 Å². The van der Waals surface area contributed by atoms with Gasteiger partial charge >= 0.3 is 254 Å². The number of fused-ring (bicyclic) bond motifs is 2. The Morgan fingerprint density at radius 2 is 1.10 bits per heavy atom. The fraction of sp³-hybridized carbons (Fsp3) is 0.676. The Hall–Kier alpha value is -1.57. The summed E-state index contributed by atoms with van der Waals surface area (Å²) in [6, 6.07) is 9.31. The molecule has 1 N–H and O–H groups in total. The van der Waals surface area contributed by atoms with Crippen LogP contribution in [0, 0.1) is 5.92 Å². The average molecular weight is 585 g/mol. The van der Waals surface area contributed by atoms with E-state index in [1.54, 1.807) is 0 Å². The van der Waals surface area contributed by atoms with Crippen LogP contribution in [0.3, 0.4) is 0 Å². The SMILES string of the molecule is CCCCC(CC)C[PH]1(O)Oc2c(cc(C(C)(C)C)cc2C(C)(C)C)Cc2cc(C(C)(C)C)cc(C(C)(C)C)c2O1. The van der Waals surface area contributed by atoms with Crippen LogP contribution in [0.4, 0.5) is 0 Å². The van der Waals surface area contributed by atoms with Gasteiger partial charge in [0.15, 0.2) is 0 Å². The molecule has 1 aliphatic rings. The third-order valence-corrected chi connectivity index (χ3v) is 10.8. The Labute approximate surface area is 253 Å². The van der Waals surface area contributed by atoms with Crippen LogP contribution in [0.1, 0.15) is 156 Å². The molecule has 0 saturated heterocycles. The van der Waals surface area contributed by atoms with Crippen molar-refractivity contribution in [2.75, 3.05) is 6.16 Å². The van der Waals surface area contributed by atoms with E-state index in [1.807, 2.05) is 0 Å². The minimum atomic E-state index is -3.70. The Morgan fingerprint density at radius 1 is 0.683 bits per heavy atom. The zero-order valence-corrected chi connectivity index (χ0v) is 29.9. The predicted octanol–water partition coefficient (Wildman–Crippen LogP) is 10.9. The zero-order valence-electron chi connectivity index (χ0n) is 28.9. The molecule has 0 fully saturated rings. The first-order chi connectivity index (χ1) is 18.6. The second kappa shape index (κ2) is 11.8. The maximum atomic E-state index is 12.6. The molecule has 0 aromatic heterocycles. The van der Waals surface area contributed by atoms with Crippen molar-refractivity contribution < 1.29 is 13.9 Å². The molecule has 0 amide bonds. The summed E-state index contributed by atoms with van der Waals surface area (Å²) < 4.78 is 13.9. The van der Waals surface area contributed by atoms with Gasteiger partial charge in [0, 0.05) is 0 Å². The summed E-state index contributed by atoms with van der Waals surface area (Å²) in [4.78, 5) is 12.6. The number of hydrogen-bond acceptors (Lipinski definition) is 3. The molecule has 0 bridgehead atoms. The van der Waals surface area contributed by atoms with Gasteiger partial charge < -0.3 is 0 Å². The van der Waals surface area contributed by atoms with Crippen molar-refractivity contribution in [3.8, 4) is 11.5 Å². The first-order valence-corrected chi connectivity index (χ1v) is 18.0. The molecule has 1 aliphatic heterocycles. The number of hydrogen-bond donors (Lipinski definition) is 1. The molecule has 41 heavy (non-hydrogen) atoms. The van der Waals surface area contributed by atoms with Gasteiger partial charge in [0.05, 0.1) is 0 Å². The second-order valence-corrected chi connectivity index (χ2v) is 19.0. The molecule has 3 nitrogen and oxygen atoms in total. The number of benzene rings is 2. The summed E-state index contributed by atoms with van der Waals surface area (Å²) >= 11 is 0. The van der Waals surface area contributed by atoms with E-state index in [-0.39, 0.29) is 21.7 Å². The van der Waals surface area contributed by atoms with Gasteiger partial charge in [-0.2, -0.15) is 0 Å². The Kier molecular flexibility index (Phi) is 9.80.